The zero-order valence-corrected chi connectivity index (χ0v) is 14.7. The molecule has 2 rings (SSSR count). The first-order chi connectivity index (χ1) is 11.7. The first-order valence-corrected chi connectivity index (χ1v) is 8.16. The Balaban J connectivity index is 2.60. The molecule has 2 aromatic rings. The van der Waals surface area contributed by atoms with E-state index in [2.05, 4.69) is 5.32 Å². The summed E-state index contributed by atoms with van der Waals surface area (Å²) in [6.07, 6.45) is -1.16. The summed E-state index contributed by atoms with van der Waals surface area (Å²) in [7, 11) is 0. The Kier molecular flexibility index (Phi) is 5.48. The van der Waals surface area contributed by atoms with Gasteiger partial charge < -0.3 is 15.5 Å². The molecule has 2 aromatic carbocycles. The van der Waals surface area contributed by atoms with E-state index in [0.29, 0.717) is 5.56 Å². The monoisotopic (exact) mass is 345 g/mol. The molecule has 0 radical (unpaired) electrons. The van der Waals surface area contributed by atoms with Gasteiger partial charge in [-0.25, -0.2) is 9.18 Å². The lowest BCUT2D eigenvalue weighted by atomic mass is 9.63. The van der Waals surface area contributed by atoms with Crippen molar-refractivity contribution < 1.29 is 19.4 Å². The summed E-state index contributed by atoms with van der Waals surface area (Å²) < 4.78 is 13.4. The quantitative estimate of drug-likeness (QED) is 0.764. The van der Waals surface area contributed by atoms with Crippen molar-refractivity contribution in [3.05, 3.63) is 71.5 Å². The number of carboxylic acid groups (broad SMARTS) is 1. The summed E-state index contributed by atoms with van der Waals surface area (Å²) in [5, 5.41) is 23.2. The average molecular weight is 345 g/mol. The second-order valence-corrected chi connectivity index (χ2v) is 7.17. The van der Waals surface area contributed by atoms with Gasteiger partial charge in [0.05, 0.1) is 0 Å². The number of aliphatic hydroxyl groups is 1. The van der Waals surface area contributed by atoms with Crippen molar-refractivity contribution in [2.75, 3.05) is 6.54 Å². The summed E-state index contributed by atoms with van der Waals surface area (Å²) in [6, 6.07) is 15.0. The van der Waals surface area contributed by atoms with Crippen LogP contribution in [0.4, 0.5) is 9.18 Å². The lowest BCUT2D eigenvalue weighted by molar-refractivity contribution is -0.0869. The molecule has 0 fully saturated rings. The molecule has 0 heterocycles. The fourth-order valence-electron chi connectivity index (χ4n) is 3.24. The van der Waals surface area contributed by atoms with Crippen LogP contribution in [0.3, 0.4) is 0 Å². The molecule has 0 aliphatic carbocycles. The van der Waals surface area contributed by atoms with E-state index in [1.54, 1.807) is 12.1 Å². The van der Waals surface area contributed by atoms with Gasteiger partial charge in [-0.05, 0) is 28.7 Å². The predicted octanol–water partition coefficient (Wildman–Crippen LogP) is 4.11. The summed E-state index contributed by atoms with van der Waals surface area (Å²) in [4.78, 5) is 11.1. The van der Waals surface area contributed by atoms with Gasteiger partial charge in [0.25, 0.3) is 0 Å². The van der Waals surface area contributed by atoms with Crippen molar-refractivity contribution in [3.8, 4) is 0 Å². The zero-order chi connectivity index (χ0) is 18.7. The SMILES string of the molecule is CC(C)(C)C(O)(c1ccc(F)cc1)C(CNC(=O)O)c1ccccc1. The third-order valence-corrected chi connectivity index (χ3v) is 4.59. The minimum atomic E-state index is -1.41. The topological polar surface area (TPSA) is 69.6 Å². The van der Waals surface area contributed by atoms with Crippen molar-refractivity contribution >= 4 is 6.09 Å². The van der Waals surface area contributed by atoms with Gasteiger partial charge in [0, 0.05) is 12.5 Å². The fraction of sp³-hybridized carbons (Fsp3) is 0.350. The fourth-order valence-corrected chi connectivity index (χ4v) is 3.24. The molecule has 25 heavy (non-hydrogen) atoms. The predicted molar refractivity (Wildman–Crippen MR) is 95.0 cm³/mol. The molecule has 0 aliphatic heterocycles. The summed E-state index contributed by atoms with van der Waals surface area (Å²) in [6.45, 7) is 5.68. The van der Waals surface area contributed by atoms with Gasteiger partial charge in [0.15, 0.2) is 0 Å². The number of carbonyl (C=O) groups is 1. The van der Waals surface area contributed by atoms with Crippen LogP contribution in [0.25, 0.3) is 0 Å². The molecule has 0 aromatic heterocycles. The highest BCUT2D eigenvalue weighted by molar-refractivity contribution is 5.64. The molecule has 1 amide bonds. The Labute approximate surface area is 147 Å². The van der Waals surface area contributed by atoms with E-state index in [-0.39, 0.29) is 12.4 Å². The van der Waals surface area contributed by atoms with Crippen LogP contribution in [-0.2, 0) is 5.60 Å². The Bertz CT molecular complexity index is 710. The molecule has 0 saturated heterocycles. The number of halogens is 1. The van der Waals surface area contributed by atoms with Crippen LogP contribution < -0.4 is 5.32 Å². The number of nitrogens with one attached hydrogen (secondary N) is 1. The van der Waals surface area contributed by atoms with Gasteiger partial charge in [0.1, 0.15) is 11.4 Å². The number of benzene rings is 2. The molecule has 0 saturated carbocycles. The third-order valence-electron chi connectivity index (χ3n) is 4.59. The minimum absolute atomic E-state index is 0.0322. The van der Waals surface area contributed by atoms with Crippen LogP contribution in [0.15, 0.2) is 54.6 Å². The molecule has 2 atom stereocenters. The van der Waals surface area contributed by atoms with Crippen molar-refractivity contribution in [2.24, 2.45) is 5.41 Å². The Hall–Kier alpha value is -2.40. The van der Waals surface area contributed by atoms with Crippen molar-refractivity contribution in [2.45, 2.75) is 32.3 Å². The maximum absolute atomic E-state index is 13.4. The molecule has 0 spiro atoms. The first kappa shape index (κ1) is 18.9. The molecule has 0 bridgehead atoms. The minimum Gasteiger partial charge on any atom is -0.465 e. The molecule has 2 unspecified atom stereocenters. The maximum Gasteiger partial charge on any atom is 0.404 e. The van der Waals surface area contributed by atoms with Gasteiger partial charge in [-0.2, -0.15) is 0 Å². The summed E-state index contributed by atoms with van der Waals surface area (Å²) in [5.41, 5.74) is -0.698. The molecule has 134 valence electrons. The summed E-state index contributed by atoms with van der Waals surface area (Å²) in [5.74, 6) is -0.935. The van der Waals surface area contributed by atoms with Gasteiger partial charge >= 0.3 is 6.09 Å². The largest absolute Gasteiger partial charge is 0.465 e. The van der Waals surface area contributed by atoms with Crippen LogP contribution >= 0.6 is 0 Å². The molecule has 5 heteroatoms. The lowest BCUT2D eigenvalue weighted by Gasteiger charge is -2.46. The normalized spacial score (nSPS) is 15.2. The van der Waals surface area contributed by atoms with Gasteiger partial charge in [0.2, 0.25) is 0 Å². The summed E-state index contributed by atoms with van der Waals surface area (Å²) >= 11 is 0. The van der Waals surface area contributed by atoms with E-state index in [9.17, 15) is 14.3 Å². The van der Waals surface area contributed by atoms with E-state index in [1.165, 1.54) is 12.1 Å². The number of rotatable bonds is 5. The molecule has 4 nitrogen and oxygen atoms in total. The van der Waals surface area contributed by atoms with Crippen molar-refractivity contribution in [1.82, 2.24) is 5.32 Å². The van der Waals surface area contributed by atoms with Gasteiger partial charge in [-0.1, -0.05) is 63.2 Å². The molecule has 3 N–H and O–H groups in total. The average Bonchev–Trinajstić information content (AvgIpc) is 2.55. The lowest BCUT2D eigenvalue weighted by Crippen LogP contribution is -2.49. The highest BCUT2D eigenvalue weighted by Gasteiger charge is 2.48. The van der Waals surface area contributed by atoms with Gasteiger partial charge in [-0.3, -0.25) is 0 Å². The van der Waals surface area contributed by atoms with Crippen LogP contribution in [0.5, 0.6) is 0 Å². The van der Waals surface area contributed by atoms with Crippen molar-refractivity contribution in [3.63, 3.8) is 0 Å². The number of hydrogen-bond acceptors (Lipinski definition) is 2. The molecular weight excluding hydrogens is 321 g/mol. The van der Waals surface area contributed by atoms with E-state index < -0.39 is 23.0 Å². The maximum atomic E-state index is 13.4. The Morgan fingerprint density at radius 1 is 1.08 bits per heavy atom. The van der Waals surface area contributed by atoms with E-state index in [4.69, 9.17) is 5.11 Å². The van der Waals surface area contributed by atoms with Crippen LogP contribution in [0.1, 0.15) is 37.8 Å². The second kappa shape index (κ2) is 7.23. The molecular formula is C20H24FNO3. The van der Waals surface area contributed by atoms with Crippen LogP contribution in [-0.4, -0.2) is 22.9 Å². The van der Waals surface area contributed by atoms with E-state index >= 15 is 0 Å². The number of amides is 1. The van der Waals surface area contributed by atoms with Gasteiger partial charge in [-0.15, -0.1) is 0 Å². The smallest absolute Gasteiger partial charge is 0.404 e. The second-order valence-electron chi connectivity index (χ2n) is 7.17. The standard InChI is InChI=1S/C20H24FNO3/c1-19(2,3)20(25,15-9-11-16(21)12-10-15)17(13-22-18(23)24)14-7-5-4-6-8-14/h4-12,17,22,25H,13H2,1-3H3,(H,23,24). The number of hydrogen-bond donors (Lipinski definition) is 3. The third kappa shape index (κ3) is 3.99. The molecule has 0 aliphatic rings. The highest BCUT2D eigenvalue weighted by atomic mass is 19.1. The Morgan fingerprint density at radius 3 is 2.12 bits per heavy atom. The first-order valence-electron chi connectivity index (χ1n) is 8.16. The van der Waals surface area contributed by atoms with Crippen LogP contribution in [0.2, 0.25) is 0 Å². The van der Waals surface area contributed by atoms with E-state index in [1.807, 2.05) is 51.1 Å². The highest BCUT2D eigenvalue weighted by Crippen LogP contribution is 2.49. The van der Waals surface area contributed by atoms with E-state index in [0.717, 1.165) is 5.56 Å². The Morgan fingerprint density at radius 2 is 1.64 bits per heavy atom. The van der Waals surface area contributed by atoms with Crippen LogP contribution in [0, 0.1) is 11.2 Å². The van der Waals surface area contributed by atoms with Crippen molar-refractivity contribution in [1.29, 1.82) is 0 Å². The zero-order valence-electron chi connectivity index (χ0n) is 14.7.